The average Bonchev–Trinajstić information content (AvgIpc) is 2.98. The van der Waals surface area contributed by atoms with Crippen molar-refractivity contribution in [2.24, 2.45) is 0 Å². The third-order valence-electron chi connectivity index (χ3n) is 4.08. The van der Waals surface area contributed by atoms with E-state index in [9.17, 15) is 0 Å². The number of hydrogen-bond donors (Lipinski definition) is 1. The number of benzene rings is 1. The molecule has 1 aromatic carbocycles. The Bertz CT molecular complexity index is 520. The van der Waals surface area contributed by atoms with E-state index in [1.54, 1.807) is 0 Å². The second kappa shape index (κ2) is 5.53. The maximum Gasteiger partial charge on any atom is 0.0732 e. The lowest BCUT2D eigenvalue weighted by Gasteiger charge is -2.28. The monoisotopic (exact) mass is 256 g/mol. The summed E-state index contributed by atoms with van der Waals surface area (Å²) in [6, 6.07) is 10.9. The largest absolute Gasteiger partial charge is 0.317 e. The van der Waals surface area contributed by atoms with E-state index in [4.69, 9.17) is 0 Å². The van der Waals surface area contributed by atoms with E-state index < -0.39 is 0 Å². The van der Waals surface area contributed by atoms with E-state index in [-0.39, 0.29) is 0 Å². The quantitative estimate of drug-likeness (QED) is 0.917. The molecular weight excluding hydrogens is 236 g/mol. The van der Waals surface area contributed by atoms with E-state index >= 15 is 0 Å². The molecule has 0 spiro atoms. The number of rotatable bonds is 3. The van der Waals surface area contributed by atoms with Crippen molar-refractivity contribution in [1.29, 1.82) is 0 Å². The van der Waals surface area contributed by atoms with Crippen molar-refractivity contribution in [2.45, 2.75) is 37.6 Å². The Kier molecular flexibility index (Phi) is 3.60. The van der Waals surface area contributed by atoms with Gasteiger partial charge in [0.1, 0.15) is 0 Å². The molecule has 19 heavy (non-hydrogen) atoms. The number of aromatic nitrogens is 3. The summed E-state index contributed by atoms with van der Waals surface area (Å²) in [4.78, 5) is 0. The summed E-state index contributed by atoms with van der Waals surface area (Å²) >= 11 is 0. The molecule has 2 atom stereocenters. The molecule has 1 aliphatic carbocycles. The predicted molar refractivity (Wildman–Crippen MR) is 75.4 cm³/mol. The average molecular weight is 256 g/mol. The van der Waals surface area contributed by atoms with Gasteiger partial charge in [0, 0.05) is 12.0 Å². The van der Waals surface area contributed by atoms with Crippen molar-refractivity contribution in [1.82, 2.24) is 20.3 Å². The van der Waals surface area contributed by atoms with E-state index in [2.05, 4.69) is 34.8 Å². The molecule has 1 fully saturated rings. The Morgan fingerprint density at radius 3 is 2.84 bits per heavy atom. The fourth-order valence-corrected chi connectivity index (χ4v) is 3.01. The second-order valence-electron chi connectivity index (χ2n) is 5.26. The molecule has 1 saturated carbocycles. The lowest BCUT2D eigenvalue weighted by molar-refractivity contribution is 0.348. The highest BCUT2D eigenvalue weighted by atomic mass is 15.4. The van der Waals surface area contributed by atoms with Gasteiger partial charge in [-0.3, -0.25) is 0 Å². The molecule has 2 unspecified atom stereocenters. The van der Waals surface area contributed by atoms with Crippen LogP contribution in [0.1, 0.15) is 37.3 Å². The first-order chi connectivity index (χ1) is 9.38. The Hall–Kier alpha value is -1.68. The molecule has 0 bridgehead atoms. The first-order valence-electron chi connectivity index (χ1n) is 7.02. The van der Waals surface area contributed by atoms with Gasteiger partial charge in [0.2, 0.25) is 0 Å². The zero-order chi connectivity index (χ0) is 13.1. The first kappa shape index (κ1) is 12.4. The Morgan fingerprint density at radius 2 is 2.05 bits per heavy atom. The second-order valence-corrected chi connectivity index (χ2v) is 5.26. The molecule has 0 saturated heterocycles. The summed E-state index contributed by atoms with van der Waals surface area (Å²) in [5.41, 5.74) is 2.34. The third kappa shape index (κ3) is 2.54. The highest BCUT2D eigenvalue weighted by Crippen LogP contribution is 2.33. The Morgan fingerprint density at radius 1 is 1.21 bits per heavy atom. The minimum Gasteiger partial charge on any atom is -0.317 e. The number of para-hydroxylation sites is 1. The molecule has 1 heterocycles. The smallest absolute Gasteiger partial charge is 0.0732 e. The van der Waals surface area contributed by atoms with E-state index in [1.165, 1.54) is 31.4 Å². The Balaban J connectivity index is 1.88. The summed E-state index contributed by atoms with van der Waals surface area (Å²) in [6.07, 6.45) is 6.89. The van der Waals surface area contributed by atoms with Crippen LogP contribution in [0.5, 0.6) is 0 Å². The van der Waals surface area contributed by atoms with Gasteiger partial charge in [0.05, 0.1) is 17.6 Å². The van der Waals surface area contributed by atoms with E-state index in [1.807, 2.05) is 29.1 Å². The van der Waals surface area contributed by atoms with Crippen LogP contribution in [0.15, 0.2) is 36.5 Å². The summed E-state index contributed by atoms with van der Waals surface area (Å²) in [7, 11) is 2.06. The standard InChI is InChI=1S/C15H20N4/c1-16-13-7-5-6-12(10-13)15-11-17-18-19(15)14-8-3-2-4-9-14/h2-4,8-9,11-13,16H,5-7,10H2,1H3. The molecule has 0 amide bonds. The van der Waals surface area contributed by atoms with Gasteiger partial charge in [-0.15, -0.1) is 5.10 Å². The van der Waals surface area contributed by atoms with Crippen molar-refractivity contribution in [3.63, 3.8) is 0 Å². The molecule has 1 aromatic heterocycles. The van der Waals surface area contributed by atoms with E-state index in [0.29, 0.717) is 12.0 Å². The minimum atomic E-state index is 0.557. The summed E-state index contributed by atoms with van der Waals surface area (Å²) in [5.74, 6) is 0.557. The van der Waals surface area contributed by atoms with Gasteiger partial charge < -0.3 is 5.32 Å². The molecule has 2 aromatic rings. The van der Waals surface area contributed by atoms with Crippen molar-refractivity contribution >= 4 is 0 Å². The molecule has 3 rings (SSSR count). The SMILES string of the molecule is CNC1CCCC(c2cnnn2-c2ccccc2)C1. The first-order valence-corrected chi connectivity index (χ1v) is 7.02. The third-order valence-corrected chi connectivity index (χ3v) is 4.08. The lowest BCUT2D eigenvalue weighted by Crippen LogP contribution is -2.31. The zero-order valence-corrected chi connectivity index (χ0v) is 11.3. The molecule has 1 aliphatic rings. The molecule has 4 heteroatoms. The Labute approximate surface area is 113 Å². The highest BCUT2D eigenvalue weighted by Gasteiger charge is 2.25. The fraction of sp³-hybridized carbons (Fsp3) is 0.467. The number of hydrogen-bond acceptors (Lipinski definition) is 3. The van der Waals surface area contributed by atoms with Crippen LogP contribution >= 0.6 is 0 Å². The number of nitrogens with one attached hydrogen (secondary N) is 1. The summed E-state index contributed by atoms with van der Waals surface area (Å²) in [6.45, 7) is 0. The zero-order valence-electron chi connectivity index (χ0n) is 11.3. The molecular formula is C15H20N4. The van der Waals surface area contributed by atoms with Gasteiger partial charge in [0.15, 0.2) is 0 Å². The van der Waals surface area contributed by atoms with Gasteiger partial charge in [0.25, 0.3) is 0 Å². The minimum absolute atomic E-state index is 0.557. The van der Waals surface area contributed by atoms with Crippen molar-refractivity contribution in [3.05, 3.63) is 42.2 Å². The van der Waals surface area contributed by atoms with Crippen LogP contribution in [0.2, 0.25) is 0 Å². The fourth-order valence-electron chi connectivity index (χ4n) is 3.01. The summed E-state index contributed by atoms with van der Waals surface area (Å²) < 4.78 is 1.99. The summed E-state index contributed by atoms with van der Waals surface area (Å²) in [5, 5.41) is 11.8. The number of nitrogens with zero attached hydrogens (tertiary/aromatic N) is 3. The molecule has 4 nitrogen and oxygen atoms in total. The van der Waals surface area contributed by atoms with E-state index in [0.717, 1.165) is 5.69 Å². The van der Waals surface area contributed by atoms with Crippen LogP contribution in [0, 0.1) is 0 Å². The van der Waals surface area contributed by atoms with Gasteiger partial charge in [-0.1, -0.05) is 29.8 Å². The normalized spacial score (nSPS) is 23.4. The lowest BCUT2D eigenvalue weighted by atomic mass is 9.84. The van der Waals surface area contributed by atoms with Gasteiger partial charge in [-0.25, -0.2) is 4.68 Å². The molecule has 1 N–H and O–H groups in total. The van der Waals surface area contributed by atoms with Crippen molar-refractivity contribution in [3.8, 4) is 5.69 Å². The predicted octanol–water partition coefficient (Wildman–Crippen LogP) is 2.51. The van der Waals surface area contributed by atoms with Crippen LogP contribution in [0.25, 0.3) is 5.69 Å². The van der Waals surface area contributed by atoms with Gasteiger partial charge in [-0.05, 0) is 38.4 Å². The van der Waals surface area contributed by atoms with Crippen LogP contribution in [0.4, 0.5) is 0 Å². The van der Waals surface area contributed by atoms with Gasteiger partial charge >= 0.3 is 0 Å². The maximum atomic E-state index is 4.26. The van der Waals surface area contributed by atoms with Crippen LogP contribution < -0.4 is 5.32 Å². The molecule has 100 valence electrons. The van der Waals surface area contributed by atoms with Gasteiger partial charge in [-0.2, -0.15) is 0 Å². The highest BCUT2D eigenvalue weighted by molar-refractivity contribution is 5.32. The van der Waals surface area contributed by atoms with Crippen LogP contribution in [-0.4, -0.2) is 28.1 Å². The van der Waals surface area contributed by atoms with Crippen LogP contribution in [0.3, 0.4) is 0 Å². The van der Waals surface area contributed by atoms with Crippen LogP contribution in [-0.2, 0) is 0 Å². The maximum absolute atomic E-state index is 4.26. The molecule has 0 radical (unpaired) electrons. The topological polar surface area (TPSA) is 42.7 Å². The van der Waals surface area contributed by atoms with Crippen molar-refractivity contribution < 1.29 is 0 Å². The van der Waals surface area contributed by atoms with Crippen molar-refractivity contribution in [2.75, 3.05) is 7.05 Å². The molecule has 0 aliphatic heterocycles.